The molecule has 0 radical (unpaired) electrons. The van der Waals surface area contributed by atoms with Crippen LogP contribution in [0, 0.1) is 5.41 Å². The number of amides is 2. The minimum atomic E-state index is -0.418. The van der Waals surface area contributed by atoms with E-state index in [-0.39, 0.29) is 11.8 Å². The van der Waals surface area contributed by atoms with E-state index >= 15 is 0 Å². The van der Waals surface area contributed by atoms with Gasteiger partial charge in [-0.15, -0.1) is 0 Å². The second-order valence-corrected chi connectivity index (χ2v) is 7.64. The number of halogens is 1. The van der Waals surface area contributed by atoms with Crippen LogP contribution in [0.2, 0.25) is 5.02 Å². The topological polar surface area (TPSA) is 49.4 Å². The molecule has 0 aliphatic carbocycles. The summed E-state index contributed by atoms with van der Waals surface area (Å²) in [6.45, 7) is 6.44. The average Bonchev–Trinajstić information content (AvgIpc) is 2.96. The van der Waals surface area contributed by atoms with Crippen molar-refractivity contribution < 1.29 is 9.59 Å². The van der Waals surface area contributed by atoms with Crippen molar-refractivity contribution in [2.75, 3.05) is 16.8 Å². The number of rotatable bonds is 2. The van der Waals surface area contributed by atoms with Gasteiger partial charge in [0.05, 0.1) is 10.6 Å². The number of nitrogens with zero attached hydrogens (tertiary/aromatic N) is 1. The quantitative estimate of drug-likeness (QED) is 0.859. The lowest BCUT2D eigenvalue weighted by Crippen LogP contribution is -2.38. The Morgan fingerprint density at radius 1 is 1.12 bits per heavy atom. The van der Waals surface area contributed by atoms with Gasteiger partial charge in [0.25, 0.3) is 5.91 Å². The van der Waals surface area contributed by atoms with Crippen molar-refractivity contribution in [1.29, 1.82) is 0 Å². The van der Waals surface area contributed by atoms with E-state index in [0.29, 0.717) is 22.8 Å². The van der Waals surface area contributed by atoms with Crippen LogP contribution in [0.1, 0.15) is 36.7 Å². The van der Waals surface area contributed by atoms with Gasteiger partial charge in [0.2, 0.25) is 5.91 Å². The zero-order chi connectivity index (χ0) is 18.2. The number of hydrogen-bond acceptors (Lipinski definition) is 2. The average molecular weight is 357 g/mol. The van der Waals surface area contributed by atoms with Gasteiger partial charge in [0.15, 0.2) is 0 Å². The number of anilines is 2. The van der Waals surface area contributed by atoms with Crippen LogP contribution in [0.15, 0.2) is 42.5 Å². The Morgan fingerprint density at radius 2 is 1.84 bits per heavy atom. The van der Waals surface area contributed by atoms with Gasteiger partial charge in [-0.05, 0) is 42.3 Å². The van der Waals surface area contributed by atoms with E-state index in [2.05, 4.69) is 5.32 Å². The van der Waals surface area contributed by atoms with Crippen molar-refractivity contribution in [3.63, 3.8) is 0 Å². The minimum Gasteiger partial charge on any atom is -0.322 e. The van der Waals surface area contributed by atoms with Gasteiger partial charge in [-0.1, -0.05) is 44.5 Å². The number of fused-ring (bicyclic) bond motifs is 1. The smallest absolute Gasteiger partial charge is 0.257 e. The van der Waals surface area contributed by atoms with Gasteiger partial charge in [0.1, 0.15) is 0 Å². The summed E-state index contributed by atoms with van der Waals surface area (Å²) in [6.07, 6.45) is 0.785. The number of nitrogens with one attached hydrogen (secondary N) is 1. The third-order valence-electron chi connectivity index (χ3n) is 4.24. The molecule has 3 rings (SSSR count). The van der Waals surface area contributed by atoms with Crippen LogP contribution in [0.25, 0.3) is 0 Å². The van der Waals surface area contributed by atoms with Crippen molar-refractivity contribution in [2.24, 2.45) is 5.41 Å². The van der Waals surface area contributed by atoms with Crippen molar-refractivity contribution in [3.05, 3.63) is 58.6 Å². The fraction of sp³-hybridized carbons (Fsp3) is 0.300. The molecule has 1 aliphatic heterocycles. The van der Waals surface area contributed by atoms with E-state index in [1.54, 1.807) is 24.3 Å². The molecule has 5 heteroatoms. The van der Waals surface area contributed by atoms with E-state index < -0.39 is 5.41 Å². The summed E-state index contributed by atoms with van der Waals surface area (Å²) in [5.41, 5.74) is 2.71. The molecule has 0 bridgehead atoms. The Labute approximate surface area is 152 Å². The normalized spacial score (nSPS) is 13.5. The monoisotopic (exact) mass is 356 g/mol. The second kappa shape index (κ2) is 6.52. The highest BCUT2D eigenvalue weighted by Gasteiger charge is 2.32. The number of carbonyl (C=O) groups is 2. The Bertz CT molecular complexity index is 840. The molecule has 1 aliphatic rings. The zero-order valence-electron chi connectivity index (χ0n) is 14.6. The van der Waals surface area contributed by atoms with Crippen LogP contribution < -0.4 is 10.2 Å². The summed E-state index contributed by atoms with van der Waals surface area (Å²) < 4.78 is 0. The highest BCUT2D eigenvalue weighted by Crippen LogP contribution is 2.33. The largest absolute Gasteiger partial charge is 0.322 e. The highest BCUT2D eigenvalue weighted by molar-refractivity contribution is 6.34. The van der Waals surface area contributed by atoms with Crippen LogP contribution in [-0.2, 0) is 11.2 Å². The molecule has 0 saturated heterocycles. The summed E-state index contributed by atoms with van der Waals surface area (Å²) in [4.78, 5) is 26.8. The first-order chi connectivity index (χ1) is 11.8. The first kappa shape index (κ1) is 17.5. The molecule has 0 spiro atoms. The van der Waals surface area contributed by atoms with Crippen molar-refractivity contribution in [1.82, 2.24) is 0 Å². The van der Waals surface area contributed by atoms with E-state index in [1.807, 2.05) is 43.9 Å². The Kier molecular flexibility index (Phi) is 4.56. The van der Waals surface area contributed by atoms with Crippen LogP contribution in [-0.4, -0.2) is 18.4 Å². The zero-order valence-corrected chi connectivity index (χ0v) is 15.4. The highest BCUT2D eigenvalue weighted by atomic mass is 35.5. The van der Waals surface area contributed by atoms with Crippen LogP contribution in [0.3, 0.4) is 0 Å². The van der Waals surface area contributed by atoms with E-state index in [0.717, 1.165) is 17.7 Å². The molecule has 0 atom stereocenters. The summed E-state index contributed by atoms with van der Waals surface area (Å²) in [5.74, 6) is -0.134. The Morgan fingerprint density at radius 3 is 2.52 bits per heavy atom. The molecule has 25 heavy (non-hydrogen) atoms. The molecule has 0 aromatic heterocycles. The molecule has 1 N–H and O–H groups in total. The molecular weight excluding hydrogens is 336 g/mol. The Balaban J connectivity index is 1.80. The summed E-state index contributed by atoms with van der Waals surface area (Å²) >= 11 is 6.07. The van der Waals surface area contributed by atoms with E-state index in [1.165, 1.54) is 0 Å². The first-order valence-corrected chi connectivity index (χ1v) is 8.66. The lowest BCUT2D eigenvalue weighted by Gasteiger charge is -2.26. The maximum Gasteiger partial charge on any atom is 0.257 e. The van der Waals surface area contributed by atoms with Gasteiger partial charge in [-0.3, -0.25) is 9.59 Å². The minimum absolute atomic E-state index is 0.110. The van der Waals surface area contributed by atoms with Crippen LogP contribution in [0.5, 0.6) is 0 Å². The summed E-state index contributed by atoms with van der Waals surface area (Å²) in [5, 5.41) is 3.30. The predicted octanol–water partition coefficient (Wildman–Crippen LogP) is 4.53. The predicted molar refractivity (Wildman–Crippen MR) is 101 cm³/mol. The summed E-state index contributed by atoms with van der Waals surface area (Å²) in [7, 11) is 0. The number of benzene rings is 2. The SMILES string of the molecule is CC(C)(C)C(=O)N1CCc2cc(NC(=O)c3ccccc3Cl)ccc21. The number of carbonyl (C=O) groups excluding carboxylic acids is 2. The van der Waals surface area contributed by atoms with Crippen molar-refractivity contribution in [3.8, 4) is 0 Å². The number of hydrogen-bond donors (Lipinski definition) is 1. The lowest BCUT2D eigenvalue weighted by molar-refractivity contribution is -0.125. The first-order valence-electron chi connectivity index (χ1n) is 8.28. The fourth-order valence-electron chi connectivity index (χ4n) is 2.94. The second-order valence-electron chi connectivity index (χ2n) is 7.23. The van der Waals surface area contributed by atoms with Crippen LogP contribution >= 0.6 is 11.6 Å². The molecule has 1 heterocycles. The lowest BCUT2D eigenvalue weighted by atomic mass is 9.94. The van der Waals surface area contributed by atoms with Crippen molar-refractivity contribution in [2.45, 2.75) is 27.2 Å². The van der Waals surface area contributed by atoms with Gasteiger partial charge < -0.3 is 10.2 Å². The molecule has 4 nitrogen and oxygen atoms in total. The maximum absolute atomic E-state index is 12.6. The van der Waals surface area contributed by atoms with Gasteiger partial charge in [-0.25, -0.2) is 0 Å². The molecule has 0 saturated carbocycles. The standard InChI is InChI=1S/C20H21ClN2O2/c1-20(2,3)19(25)23-11-10-13-12-14(8-9-17(13)23)22-18(24)15-6-4-5-7-16(15)21/h4-9,12H,10-11H2,1-3H3,(H,22,24). The third-order valence-corrected chi connectivity index (χ3v) is 4.57. The van der Waals surface area contributed by atoms with Gasteiger partial charge in [-0.2, -0.15) is 0 Å². The molecule has 2 aromatic rings. The van der Waals surface area contributed by atoms with Gasteiger partial charge in [0, 0.05) is 23.3 Å². The van der Waals surface area contributed by atoms with Gasteiger partial charge >= 0.3 is 0 Å². The maximum atomic E-state index is 12.6. The molecule has 0 unspecified atom stereocenters. The molecular formula is C20H21ClN2O2. The van der Waals surface area contributed by atoms with Crippen molar-refractivity contribution >= 4 is 34.8 Å². The molecule has 2 aromatic carbocycles. The van der Waals surface area contributed by atoms with E-state index in [4.69, 9.17) is 11.6 Å². The third kappa shape index (κ3) is 3.54. The van der Waals surface area contributed by atoms with Crippen LogP contribution in [0.4, 0.5) is 11.4 Å². The fourth-order valence-corrected chi connectivity index (χ4v) is 3.16. The molecule has 0 fully saturated rings. The molecule has 2 amide bonds. The van der Waals surface area contributed by atoms with E-state index in [9.17, 15) is 9.59 Å². The molecule has 130 valence electrons. The summed E-state index contributed by atoms with van der Waals surface area (Å²) in [6, 6.07) is 12.6. The Hall–Kier alpha value is -2.33.